The van der Waals surface area contributed by atoms with Crippen molar-refractivity contribution in [1.29, 1.82) is 0 Å². The number of hydrogen-bond acceptors (Lipinski definition) is 9. The Morgan fingerprint density at radius 1 is 0.762 bits per heavy atom. The maximum Gasteiger partial charge on any atom is 0.326 e. The molecule has 0 heterocycles. The van der Waals surface area contributed by atoms with Crippen LogP contribution in [-0.4, -0.2) is 87.6 Å². The van der Waals surface area contributed by atoms with Crippen LogP contribution < -0.4 is 38.9 Å². The van der Waals surface area contributed by atoms with E-state index >= 15 is 0 Å². The number of phenolic OH excluding ortho intramolecular Hbond substituents is 1. The van der Waals surface area contributed by atoms with E-state index in [-0.39, 0.29) is 50.4 Å². The molecule has 0 fully saturated rings. The van der Waals surface area contributed by atoms with E-state index < -0.39 is 72.6 Å². The molecule has 0 bridgehead atoms. The van der Waals surface area contributed by atoms with Gasteiger partial charge in [-0.15, -0.1) is 0 Å². The first-order chi connectivity index (χ1) is 19.7. The van der Waals surface area contributed by atoms with Gasteiger partial charge in [-0.25, -0.2) is 4.79 Å². The zero-order valence-electron chi connectivity index (χ0n) is 22.8. The summed E-state index contributed by atoms with van der Waals surface area (Å²) in [5.74, 6) is -6.18. The van der Waals surface area contributed by atoms with Crippen LogP contribution >= 0.6 is 0 Å². The predicted octanol–water partition coefficient (Wildman–Crippen LogP) is -3.02. The molecule has 0 radical (unpaired) electrons. The van der Waals surface area contributed by atoms with Gasteiger partial charge in [0.1, 0.15) is 23.9 Å². The van der Waals surface area contributed by atoms with Gasteiger partial charge in [0.2, 0.25) is 23.6 Å². The van der Waals surface area contributed by atoms with Crippen LogP contribution in [0.15, 0.2) is 29.3 Å². The number of aromatic hydroxyl groups is 1. The molecule has 4 amide bonds. The largest absolute Gasteiger partial charge is 0.508 e. The van der Waals surface area contributed by atoms with Crippen molar-refractivity contribution in [2.45, 2.75) is 69.1 Å². The topological polar surface area (TPSA) is 316 Å². The maximum atomic E-state index is 13.3. The van der Waals surface area contributed by atoms with E-state index in [9.17, 15) is 39.0 Å². The Kier molecular flexibility index (Phi) is 14.8. The molecule has 1 aromatic rings. The number of hydrogen-bond donors (Lipinski definition) is 10. The Hall–Kier alpha value is -4.93. The number of rotatable bonds is 19. The fourth-order valence-electron chi connectivity index (χ4n) is 3.63. The lowest BCUT2D eigenvalue weighted by Crippen LogP contribution is -2.57. The number of primary amides is 1. The van der Waals surface area contributed by atoms with Crippen molar-refractivity contribution in [3.8, 4) is 5.75 Å². The van der Waals surface area contributed by atoms with E-state index in [0.717, 1.165) is 0 Å². The van der Waals surface area contributed by atoms with E-state index in [2.05, 4.69) is 20.9 Å². The summed E-state index contributed by atoms with van der Waals surface area (Å²) in [6, 6.07) is 0.287. The highest BCUT2D eigenvalue weighted by molar-refractivity contribution is 5.94. The number of aliphatic imine (C=N–C) groups is 1. The Morgan fingerprint density at radius 3 is 1.88 bits per heavy atom. The van der Waals surface area contributed by atoms with E-state index in [0.29, 0.717) is 5.56 Å². The van der Waals surface area contributed by atoms with E-state index in [1.165, 1.54) is 24.3 Å². The third kappa shape index (κ3) is 13.9. The highest BCUT2D eigenvalue weighted by Gasteiger charge is 2.30. The smallest absolute Gasteiger partial charge is 0.326 e. The Bertz CT molecular complexity index is 1140. The van der Waals surface area contributed by atoms with Crippen LogP contribution in [0.5, 0.6) is 5.75 Å². The molecule has 0 spiro atoms. The normalized spacial score (nSPS) is 13.5. The first-order valence-corrected chi connectivity index (χ1v) is 12.9. The Balaban J connectivity index is 3.20. The number of aliphatic carboxylic acids is 2. The van der Waals surface area contributed by atoms with Crippen molar-refractivity contribution in [3.63, 3.8) is 0 Å². The van der Waals surface area contributed by atoms with E-state index in [1.54, 1.807) is 0 Å². The highest BCUT2D eigenvalue weighted by atomic mass is 16.4. The minimum absolute atomic E-state index is 0.000797. The molecule has 42 heavy (non-hydrogen) atoms. The van der Waals surface area contributed by atoms with Crippen LogP contribution in [0.1, 0.15) is 44.1 Å². The Morgan fingerprint density at radius 2 is 1.33 bits per heavy atom. The molecule has 0 saturated carbocycles. The Labute approximate surface area is 241 Å². The SMILES string of the molecule is NC(=O)CCC(N)C(=O)NC(CCCN=C(N)N)C(=O)NC(Cc1ccc(O)cc1)C(=O)NC(CCC(=O)O)C(=O)O. The van der Waals surface area contributed by atoms with Gasteiger partial charge in [-0.2, -0.15) is 0 Å². The molecule has 4 unspecified atom stereocenters. The minimum atomic E-state index is -1.56. The number of carboxylic acid groups (broad SMARTS) is 2. The third-order valence-corrected chi connectivity index (χ3v) is 5.89. The van der Waals surface area contributed by atoms with Gasteiger partial charge in [-0.3, -0.25) is 29.0 Å². The lowest BCUT2D eigenvalue weighted by atomic mass is 10.0. The molecule has 17 heteroatoms. The van der Waals surface area contributed by atoms with Crippen LogP contribution in [0, 0.1) is 0 Å². The van der Waals surface area contributed by atoms with Crippen LogP contribution in [0.4, 0.5) is 0 Å². The average Bonchev–Trinajstić information content (AvgIpc) is 2.91. The molecule has 1 rings (SSSR count). The van der Waals surface area contributed by atoms with Gasteiger partial charge >= 0.3 is 11.9 Å². The van der Waals surface area contributed by atoms with Gasteiger partial charge in [-0.05, 0) is 43.4 Å². The molecule has 0 aliphatic rings. The summed E-state index contributed by atoms with van der Waals surface area (Å²) in [7, 11) is 0. The van der Waals surface area contributed by atoms with Crippen LogP contribution in [0.25, 0.3) is 0 Å². The number of carbonyl (C=O) groups is 6. The fourth-order valence-corrected chi connectivity index (χ4v) is 3.63. The summed E-state index contributed by atoms with van der Waals surface area (Å²) in [5, 5.41) is 35.1. The molecule has 0 saturated heterocycles. The third-order valence-electron chi connectivity index (χ3n) is 5.89. The quantitative estimate of drug-likeness (QED) is 0.0435. The van der Waals surface area contributed by atoms with Crippen LogP contribution in [0.3, 0.4) is 0 Å². The number of nitrogens with one attached hydrogen (secondary N) is 3. The number of carboxylic acids is 2. The van der Waals surface area contributed by atoms with Crippen molar-refractivity contribution >= 4 is 41.5 Å². The monoisotopic (exact) mass is 594 g/mol. The second-order valence-electron chi connectivity index (χ2n) is 9.39. The summed E-state index contributed by atoms with van der Waals surface area (Å²) in [5.41, 5.74) is 22.0. The highest BCUT2D eigenvalue weighted by Crippen LogP contribution is 2.12. The molecule has 0 aromatic heterocycles. The first kappa shape index (κ1) is 35.1. The predicted molar refractivity (Wildman–Crippen MR) is 148 cm³/mol. The van der Waals surface area contributed by atoms with Crippen molar-refractivity contribution < 1.29 is 44.1 Å². The second-order valence-corrected chi connectivity index (χ2v) is 9.39. The number of amides is 4. The molecule has 14 N–H and O–H groups in total. The molecule has 232 valence electrons. The van der Waals surface area contributed by atoms with Gasteiger partial charge in [0.05, 0.1) is 6.04 Å². The van der Waals surface area contributed by atoms with Crippen LogP contribution in [-0.2, 0) is 35.2 Å². The summed E-state index contributed by atoms with van der Waals surface area (Å²) in [6.45, 7) is 0.108. The van der Waals surface area contributed by atoms with Gasteiger partial charge in [-0.1, -0.05) is 12.1 Å². The number of nitrogens with zero attached hydrogens (tertiary/aromatic N) is 1. The average molecular weight is 595 g/mol. The van der Waals surface area contributed by atoms with Crippen molar-refractivity contribution in [2.24, 2.45) is 27.9 Å². The van der Waals surface area contributed by atoms with Gasteiger partial charge in [0.15, 0.2) is 5.96 Å². The first-order valence-electron chi connectivity index (χ1n) is 12.9. The number of benzene rings is 1. The standard InChI is InChI=1S/C25H38N8O9/c26-15(7-9-19(27)35)21(38)31-16(2-1-11-30-25(28)29)22(39)33-18(12-13-3-5-14(34)6-4-13)23(40)32-17(24(41)42)8-10-20(36)37/h3-6,15-18,34H,1-2,7-12,26H2,(H2,27,35)(H,31,38)(H,32,40)(H,33,39)(H,36,37)(H,41,42)(H4,28,29,30). The minimum Gasteiger partial charge on any atom is -0.508 e. The maximum absolute atomic E-state index is 13.3. The molecule has 17 nitrogen and oxygen atoms in total. The number of guanidine groups is 1. The number of phenols is 1. The van der Waals surface area contributed by atoms with Crippen molar-refractivity contribution in [1.82, 2.24) is 16.0 Å². The number of carbonyl (C=O) groups excluding carboxylic acids is 4. The molecule has 0 aliphatic carbocycles. The molecular weight excluding hydrogens is 556 g/mol. The zero-order valence-corrected chi connectivity index (χ0v) is 22.8. The molecule has 4 atom stereocenters. The van der Waals surface area contributed by atoms with Gasteiger partial charge in [0.25, 0.3) is 0 Å². The second kappa shape index (κ2) is 17.7. The summed E-state index contributed by atoms with van der Waals surface area (Å²) in [6.07, 6.45) is -1.14. The van der Waals surface area contributed by atoms with Crippen molar-refractivity contribution in [2.75, 3.05) is 6.54 Å². The van der Waals surface area contributed by atoms with E-state index in [4.69, 9.17) is 28.0 Å². The fraction of sp³-hybridized carbons (Fsp3) is 0.480. The zero-order chi connectivity index (χ0) is 31.8. The molecule has 1 aromatic carbocycles. The van der Waals surface area contributed by atoms with Crippen LogP contribution in [0.2, 0.25) is 0 Å². The van der Waals surface area contributed by atoms with Gasteiger partial charge in [0, 0.05) is 25.8 Å². The lowest BCUT2D eigenvalue weighted by molar-refractivity contribution is -0.143. The lowest BCUT2D eigenvalue weighted by Gasteiger charge is -2.25. The molecular formula is C25H38N8O9. The summed E-state index contributed by atoms with van der Waals surface area (Å²) >= 11 is 0. The summed E-state index contributed by atoms with van der Waals surface area (Å²) < 4.78 is 0. The van der Waals surface area contributed by atoms with Gasteiger partial charge < -0.3 is 54.2 Å². The molecule has 0 aliphatic heterocycles. The van der Waals surface area contributed by atoms with E-state index in [1.807, 2.05) is 0 Å². The summed E-state index contributed by atoms with van der Waals surface area (Å²) in [4.78, 5) is 76.6. The van der Waals surface area contributed by atoms with Crippen molar-refractivity contribution in [3.05, 3.63) is 29.8 Å². The number of nitrogens with two attached hydrogens (primary N) is 4.